The van der Waals surface area contributed by atoms with Gasteiger partial charge in [0.25, 0.3) is 0 Å². The van der Waals surface area contributed by atoms with Crippen molar-refractivity contribution in [2.24, 2.45) is 17.3 Å². The molecule has 2 aliphatic rings. The van der Waals surface area contributed by atoms with Gasteiger partial charge in [-0.2, -0.15) is 0 Å². The number of carbonyl (C=O) groups excluding carboxylic acids is 3. The van der Waals surface area contributed by atoms with Gasteiger partial charge in [-0.15, -0.1) is 0 Å². The average molecular weight is 549 g/mol. The van der Waals surface area contributed by atoms with Crippen LogP contribution in [0, 0.1) is 17.3 Å². The standard InChI is InChI=1S/C32H44N4O4/c1-20(2)32(21(3)4)19-26-36(31(39)25(17-18-40-26)34-29(37)22(5)33-6)28(32)30(38)35-27(23-13-9-7-10-14-23)24-15-11-8-12-16-24/h7-16,20-22,25-28,33H,17-19H2,1-6H3,(H,34,37)(H,35,38)/t22-,25-,26?,28?/m0/s1. The number of nitrogens with zero attached hydrogens (tertiary/aromatic N) is 1. The summed E-state index contributed by atoms with van der Waals surface area (Å²) in [6.45, 7) is 10.6. The minimum absolute atomic E-state index is 0.0934. The van der Waals surface area contributed by atoms with Crippen LogP contribution >= 0.6 is 0 Å². The molecule has 0 aliphatic carbocycles. The highest BCUT2D eigenvalue weighted by atomic mass is 16.5. The van der Waals surface area contributed by atoms with Crippen molar-refractivity contribution >= 4 is 17.7 Å². The molecular weight excluding hydrogens is 504 g/mol. The van der Waals surface area contributed by atoms with Gasteiger partial charge in [-0.25, -0.2) is 0 Å². The number of amides is 3. The van der Waals surface area contributed by atoms with E-state index in [0.29, 0.717) is 19.4 Å². The number of likely N-dealkylation sites (N-methyl/N-ethyl adjacent to an activating group) is 1. The van der Waals surface area contributed by atoms with Crippen LogP contribution in [-0.4, -0.2) is 60.6 Å². The third kappa shape index (κ3) is 5.65. The van der Waals surface area contributed by atoms with E-state index in [4.69, 9.17) is 4.74 Å². The zero-order valence-electron chi connectivity index (χ0n) is 24.5. The Morgan fingerprint density at radius 3 is 1.98 bits per heavy atom. The Kier molecular flexibility index (Phi) is 9.31. The van der Waals surface area contributed by atoms with E-state index in [1.165, 1.54) is 0 Å². The Morgan fingerprint density at radius 1 is 0.925 bits per heavy atom. The van der Waals surface area contributed by atoms with Gasteiger partial charge in [-0.05, 0) is 36.9 Å². The zero-order chi connectivity index (χ0) is 29.0. The van der Waals surface area contributed by atoms with Gasteiger partial charge in [0.1, 0.15) is 18.3 Å². The maximum atomic E-state index is 14.6. The maximum absolute atomic E-state index is 14.6. The molecule has 2 heterocycles. The van der Waals surface area contributed by atoms with Crippen molar-refractivity contribution in [3.05, 3.63) is 71.8 Å². The Hall–Kier alpha value is -3.23. The summed E-state index contributed by atoms with van der Waals surface area (Å²) >= 11 is 0. The normalized spacial score (nSPS) is 23.2. The Labute approximate surface area is 238 Å². The van der Waals surface area contributed by atoms with Crippen LogP contribution in [0.5, 0.6) is 0 Å². The fourth-order valence-corrected chi connectivity index (χ4v) is 6.54. The predicted molar refractivity (Wildman–Crippen MR) is 155 cm³/mol. The van der Waals surface area contributed by atoms with Crippen LogP contribution in [0.15, 0.2) is 60.7 Å². The van der Waals surface area contributed by atoms with Gasteiger partial charge in [0.15, 0.2) is 0 Å². The topological polar surface area (TPSA) is 99.8 Å². The third-order valence-electron chi connectivity index (χ3n) is 8.99. The van der Waals surface area contributed by atoms with Gasteiger partial charge in [-0.1, -0.05) is 88.4 Å². The average Bonchev–Trinajstić information content (AvgIpc) is 3.24. The van der Waals surface area contributed by atoms with E-state index >= 15 is 0 Å². The number of ether oxygens (including phenoxy) is 1. The minimum atomic E-state index is -0.766. The van der Waals surface area contributed by atoms with Crippen molar-refractivity contribution in [1.82, 2.24) is 20.9 Å². The molecule has 216 valence electrons. The summed E-state index contributed by atoms with van der Waals surface area (Å²) in [4.78, 5) is 43.1. The molecule has 2 aliphatic heterocycles. The highest BCUT2D eigenvalue weighted by Gasteiger charge is 2.61. The quantitative estimate of drug-likeness (QED) is 0.445. The highest BCUT2D eigenvalue weighted by Crippen LogP contribution is 2.52. The van der Waals surface area contributed by atoms with Gasteiger partial charge < -0.3 is 25.6 Å². The van der Waals surface area contributed by atoms with Crippen LogP contribution in [0.1, 0.15) is 64.6 Å². The number of nitrogens with one attached hydrogen (secondary N) is 3. The first kappa shape index (κ1) is 29.7. The Balaban J connectivity index is 1.75. The lowest BCUT2D eigenvalue weighted by Crippen LogP contribution is -2.60. The zero-order valence-corrected chi connectivity index (χ0v) is 24.5. The molecule has 0 saturated carbocycles. The van der Waals surface area contributed by atoms with E-state index in [-0.39, 0.29) is 35.6 Å². The molecule has 40 heavy (non-hydrogen) atoms. The second-order valence-electron chi connectivity index (χ2n) is 11.7. The second kappa shape index (κ2) is 12.5. The van der Waals surface area contributed by atoms with E-state index in [2.05, 4.69) is 43.6 Å². The first-order valence-electron chi connectivity index (χ1n) is 14.4. The van der Waals surface area contributed by atoms with Crippen LogP contribution in [0.3, 0.4) is 0 Å². The molecule has 2 fully saturated rings. The summed E-state index contributed by atoms with van der Waals surface area (Å²) in [5, 5.41) is 9.15. The van der Waals surface area contributed by atoms with Crippen LogP contribution in [0.2, 0.25) is 0 Å². The largest absolute Gasteiger partial charge is 0.358 e. The Morgan fingerprint density at radius 2 is 1.48 bits per heavy atom. The monoisotopic (exact) mass is 548 g/mol. The van der Waals surface area contributed by atoms with Crippen molar-refractivity contribution in [2.45, 2.75) is 77.9 Å². The lowest BCUT2D eigenvalue weighted by molar-refractivity contribution is -0.151. The van der Waals surface area contributed by atoms with Crippen molar-refractivity contribution in [2.75, 3.05) is 13.7 Å². The minimum Gasteiger partial charge on any atom is -0.358 e. The fourth-order valence-electron chi connectivity index (χ4n) is 6.54. The summed E-state index contributed by atoms with van der Waals surface area (Å²) in [5.74, 6) is -0.549. The molecule has 2 aromatic carbocycles. The van der Waals surface area contributed by atoms with Crippen molar-refractivity contribution in [1.29, 1.82) is 0 Å². The molecule has 0 aromatic heterocycles. The van der Waals surface area contributed by atoms with Crippen LogP contribution in [-0.2, 0) is 19.1 Å². The molecule has 8 nitrogen and oxygen atoms in total. The summed E-state index contributed by atoms with van der Waals surface area (Å²) in [5.41, 5.74) is 1.40. The lowest BCUT2D eigenvalue weighted by atomic mass is 9.63. The molecule has 2 unspecified atom stereocenters. The number of hydrogen-bond donors (Lipinski definition) is 3. The second-order valence-corrected chi connectivity index (χ2v) is 11.7. The van der Waals surface area contributed by atoms with Gasteiger partial charge in [0, 0.05) is 18.3 Å². The molecule has 3 N–H and O–H groups in total. The van der Waals surface area contributed by atoms with Gasteiger partial charge in [0.2, 0.25) is 17.7 Å². The molecule has 0 bridgehead atoms. The summed E-state index contributed by atoms with van der Waals surface area (Å²) in [7, 11) is 1.70. The molecule has 4 rings (SSSR count). The lowest BCUT2D eigenvalue weighted by Gasteiger charge is -2.44. The number of carbonyl (C=O) groups is 3. The van der Waals surface area contributed by atoms with E-state index in [1.54, 1.807) is 18.9 Å². The van der Waals surface area contributed by atoms with Gasteiger partial charge in [0.05, 0.1) is 18.7 Å². The summed E-state index contributed by atoms with van der Waals surface area (Å²) in [6.07, 6.45) is 0.375. The van der Waals surface area contributed by atoms with Crippen LogP contribution in [0.4, 0.5) is 0 Å². The Bertz CT molecular complexity index is 1120. The first-order chi connectivity index (χ1) is 19.1. The van der Waals surface area contributed by atoms with Crippen molar-refractivity contribution in [3.63, 3.8) is 0 Å². The molecule has 8 heteroatoms. The number of benzene rings is 2. The van der Waals surface area contributed by atoms with Crippen molar-refractivity contribution < 1.29 is 19.1 Å². The fraction of sp³-hybridized carbons (Fsp3) is 0.531. The van der Waals surface area contributed by atoms with Crippen molar-refractivity contribution in [3.8, 4) is 0 Å². The van der Waals surface area contributed by atoms with E-state index in [1.807, 2.05) is 60.7 Å². The van der Waals surface area contributed by atoms with E-state index in [9.17, 15) is 14.4 Å². The molecule has 4 atom stereocenters. The molecule has 2 aromatic rings. The molecule has 0 spiro atoms. The predicted octanol–water partition coefficient (Wildman–Crippen LogP) is 3.63. The van der Waals surface area contributed by atoms with Crippen LogP contribution in [0.25, 0.3) is 0 Å². The number of fused-ring (bicyclic) bond motifs is 1. The summed E-state index contributed by atoms with van der Waals surface area (Å²) < 4.78 is 6.26. The van der Waals surface area contributed by atoms with E-state index < -0.39 is 29.8 Å². The molecule has 3 amide bonds. The SMILES string of the molecule is CN[C@@H](C)C(=O)N[C@H]1CCOC2CC(C(C)C)(C(C)C)C(C(=O)NC(c3ccccc3)c3ccccc3)N2C1=O. The molecular formula is C32H44N4O4. The smallest absolute Gasteiger partial charge is 0.247 e. The highest BCUT2D eigenvalue weighted by molar-refractivity contribution is 5.94. The summed E-state index contributed by atoms with van der Waals surface area (Å²) in [6, 6.07) is 17.4. The first-order valence-corrected chi connectivity index (χ1v) is 14.4. The maximum Gasteiger partial charge on any atom is 0.247 e. The number of rotatable bonds is 9. The van der Waals surface area contributed by atoms with Gasteiger partial charge >= 0.3 is 0 Å². The third-order valence-corrected chi connectivity index (χ3v) is 8.99. The number of hydrogen-bond acceptors (Lipinski definition) is 5. The van der Waals surface area contributed by atoms with E-state index in [0.717, 1.165) is 11.1 Å². The molecule has 0 radical (unpaired) electrons. The molecule has 2 saturated heterocycles. The van der Waals surface area contributed by atoms with Gasteiger partial charge in [-0.3, -0.25) is 14.4 Å². The van der Waals surface area contributed by atoms with Crippen LogP contribution < -0.4 is 16.0 Å².